The first-order chi connectivity index (χ1) is 8.31. The highest BCUT2D eigenvalue weighted by molar-refractivity contribution is 5.50. The highest BCUT2D eigenvalue weighted by Gasteiger charge is 2.26. The Morgan fingerprint density at radius 3 is 2.71 bits per heavy atom. The average molecular weight is 230 g/mol. The van der Waals surface area contributed by atoms with Crippen LogP contribution in [0.3, 0.4) is 0 Å². The third kappa shape index (κ3) is 2.38. The fraction of sp³-hybridized carbons (Fsp3) is 0.250. The summed E-state index contributed by atoms with van der Waals surface area (Å²) in [5, 5.41) is 3.03. The first kappa shape index (κ1) is 10.1. The van der Waals surface area contributed by atoms with Gasteiger partial charge >= 0.3 is 0 Å². The number of rotatable bonds is 3. The maximum absolute atomic E-state index is 12.7. The van der Waals surface area contributed by atoms with Crippen LogP contribution < -0.4 is 5.32 Å². The Balaban J connectivity index is 1.79. The number of pyridine rings is 1. The summed E-state index contributed by atoms with van der Waals surface area (Å²) in [6.45, 7) is 0. The van der Waals surface area contributed by atoms with E-state index in [0.29, 0.717) is 17.6 Å². The zero-order valence-corrected chi connectivity index (χ0v) is 9.10. The molecule has 1 saturated carbocycles. The third-order valence-corrected chi connectivity index (χ3v) is 2.60. The van der Waals surface area contributed by atoms with Gasteiger partial charge in [-0.15, -0.1) is 0 Å². The molecule has 0 atom stereocenters. The molecule has 2 heterocycles. The monoisotopic (exact) mass is 230 g/mol. The maximum atomic E-state index is 12.7. The van der Waals surface area contributed by atoms with Crippen molar-refractivity contribution in [3.63, 3.8) is 0 Å². The van der Waals surface area contributed by atoms with E-state index < -0.39 is 0 Å². The molecule has 0 spiro atoms. The van der Waals surface area contributed by atoms with Gasteiger partial charge < -0.3 is 5.32 Å². The van der Waals surface area contributed by atoms with Crippen molar-refractivity contribution in [3.05, 3.63) is 42.2 Å². The minimum absolute atomic E-state index is 0.350. The van der Waals surface area contributed by atoms with Crippen LogP contribution in [0.2, 0.25) is 0 Å². The van der Waals surface area contributed by atoms with Gasteiger partial charge in [0.15, 0.2) is 0 Å². The van der Waals surface area contributed by atoms with Crippen LogP contribution in [0.4, 0.5) is 16.0 Å². The van der Waals surface area contributed by atoms with Crippen LogP contribution in [0.15, 0.2) is 30.6 Å². The van der Waals surface area contributed by atoms with E-state index in [1.807, 2.05) is 0 Å². The van der Waals surface area contributed by atoms with Crippen molar-refractivity contribution >= 4 is 11.6 Å². The summed E-state index contributed by atoms with van der Waals surface area (Å²) in [4.78, 5) is 12.5. The van der Waals surface area contributed by atoms with Crippen molar-refractivity contribution in [2.75, 3.05) is 5.32 Å². The van der Waals surface area contributed by atoms with E-state index in [-0.39, 0.29) is 5.82 Å². The zero-order valence-electron chi connectivity index (χ0n) is 9.10. The SMILES string of the molecule is Fc1ccc(Nc2ccnc(C3CC3)n2)nc1. The number of hydrogen-bond acceptors (Lipinski definition) is 4. The number of nitrogens with one attached hydrogen (secondary N) is 1. The Bertz CT molecular complexity index is 522. The van der Waals surface area contributed by atoms with Gasteiger partial charge in [-0.05, 0) is 31.0 Å². The molecule has 1 aliphatic rings. The van der Waals surface area contributed by atoms with Gasteiger partial charge in [0.2, 0.25) is 0 Å². The summed E-state index contributed by atoms with van der Waals surface area (Å²) in [5.41, 5.74) is 0. The van der Waals surface area contributed by atoms with Gasteiger partial charge in [-0.3, -0.25) is 0 Å². The van der Waals surface area contributed by atoms with Crippen molar-refractivity contribution in [2.24, 2.45) is 0 Å². The lowest BCUT2D eigenvalue weighted by Gasteiger charge is -2.05. The Kier molecular flexibility index (Phi) is 2.44. The minimum atomic E-state index is -0.350. The van der Waals surface area contributed by atoms with Crippen LogP contribution in [0.5, 0.6) is 0 Å². The van der Waals surface area contributed by atoms with E-state index in [1.54, 1.807) is 18.3 Å². The molecule has 86 valence electrons. The Morgan fingerprint density at radius 1 is 1.12 bits per heavy atom. The topological polar surface area (TPSA) is 50.7 Å². The fourth-order valence-electron chi connectivity index (χ4n) is 1.56. The van der Waals surface area contributed by atoms with Gasteiger partial charge in [-0.25, -0.2) is 19.3 Å². The third-order valence-electron chi connectivity index (χ3n) is 2.60. The zero-order chi connectivity index (χ0) is 11.7. The summed E-state index contributed by atoms with van der Waals surface area (Å²) < 4.78 is 12.7. The van der Waals surface area contributed by atoms with Crippen molar-refractivity contribution in [1.82, 2.24) is 15.0 Å². The molecule has 2 aromatic rings. The lowest BCUT2D eigenvalue weighted by atomic mass is 10.4. The molecule has 3 rings (SSSR count). The van der Waals surface area contributed by atoms with Gasteiger partial charge in [0.25, 0.3) is 0 Å². The molecule has 1 fully saturated rings. The van der Waals surface area contributed by atoms with E-state index in [4.69, 9.17) is 0 Å². The van der Waals surface area contributed by atoms with Crippen LogP contribution in [-0.2, 0) is 0 Å². The molecule has 0 bridgehead atoms. The lowest BCUT2D eigenvalue weighted by molar-refractivity contribution is 0.622. The molecule has 4 nitrogen and oxygen atoms in total. The fourth-order valence-corrected chi connectivity index (χ4v) is 1.56. The summed E-state index contributed by atoms with van der Waals surface area (Å²) >= 11 is 0. The van der Waals surface area contributed by atoms with Gasteiger partial charge in [-0.2, -0.15) is 0 Å². The van der Waals surface area contributed by atoms with Crippen molar-refractivity contribution in [2.45, 2.75) is 18.8 Å². The smallest absolute Gasteiger partial charge is 0.141 e. The molecule has 5 heteroatoms. The van der Waals surface area contributed by atoms with Crippen molar-refractivity contribution in [3.8, 4) is 0 Å². The Labute approximate surface area is 98.0 Å². The number of halogens is 1. The molecule has 0 aromatic carbocycles. The van der Waals surface area contributed by atoms with Crippen LogP contribution in [0.25, 0.3) is 0 Å². The molecule has 0 unspecified atom stereocenters. The predicted octanol–water partition coefficient (Wildman–Crippen LogP) is 2.63. The van der Waals surface area contributed by atoms with Crippen LogP contribution in [-0.4, -0.2) is 15.0 Å². The van der Waals surface area contributed by atoms with Gasteiger partial charge in [0.05, 0.1) is 6.20 Å². The van der Waals surface area contributed by atoms with Crippen molar-refractivity contribution < 1.29 is 4.39 Å². The number of hydrogen-bond donors (Lipinski definition) is 1. The van der Waals surface area contributed by atoms with Gasteiger partial charge in [0, 0.05) is 12.1 Å². The molecule has 1 aliphatic carbocycles. The van der Waals surface area contributed by atoms with Gasteiger partial charge in [-0.1, -0.05) is 0 Å². The van der Waals surface area contributed by atoms with E-state index in [9.17, 15) is 4.39 Å². The van der Waals surface area contributed by atoms with E-state index in [1.165, 1.54) is 12.3 Å². The molecule has 0 saturated heterocycles. The highest BCUT2D eigenvalue weighted by Crippen LogP contribution is 2.38. The van der Waals surface area contributed by atoms with Crippen LogP contribution in [0.1, 0.15) is 24.6 Å². The normalized spacial score (nSPS) is 14.6. The standard InChI is InChI=1S/C12H11FN4/c13-9-3-4-10(15-7-9)16-11-5-6-14-12(17-11)8-1-2-8/h3-8H,1-2H2,(H,14,15,16,17). The predicted molar refractivity (Wildman–Crippen MR) is 61.5 cm³/mol. The quantitative estimate of drug-likeness (QED) is 0.880. The van der Waals surface area contributed by atoms with E-state index >= 15 is 0 Å². The Morgan fingerprint density at radius 2 is 2.00 bits per heavy atom. The molecule has 17 heavy (non-hydrogen) atoms. The second-order valence-corrected chi connectivity index (χ2v) is 4.06. The second kappa shape index (κ2) is 4.08. The first-order valence-corrected chi connectivity index (χ1v) is 5.53. The second-order valence-electron chi connectivity index (χ2n) is 4.06. The Hall–Kier alpha value is -2.04. The molecular formula is C12H11FN4. The molecule has 2 aromatic heterocycles. The maximum Gasteiger partial charge on any atom is 0.141 e. The highest BCUT2D eigenvalue weighted by atomic mass is 19.1. The van der Waals surface area contributed by atoms with Gasteiger partial charge in [0.1, 0.15) is 23.3 Å². The van der Waals surface area contributed by atoms with E-state index in [0.717, 1.165) is 18.7 Å². The summed E-state index contributed by atoms with van der Waals surface area (Å²) in [6.07, 6.45) is 5.23. The summed E-state index contributed by atoms with van der Waals surface area (Å²) in [5.74, 6) is 2.31. The number of anilines is 2. The average Bonchev–Trinajstić information content (AvgIpc) is 3.17. The lowest BCUT2D eigenvalue weighted by Crippen LogP contribution is -1.99. The summed E-state index contributed by atoms with van der Waals surface area (Å²) in [6, 6.07) is 4.71. The molecule has 0 amide bonds. The molecule has 0 radical (unpaired) electrons. The van der Waals surface area contributed by atoms with E-state index in [2.05, 4.69) is 20.3 Å². The molecule has 0 aliphatic heterocycles. The number of aromatic nitrogens is 3. The van der Waals surface area contributed by atoms with Crippen LogP contribution >= 0.6 is 0 Å². The molecule has 1 N–H and O–H groups in total. The molecular weight excluding hydrogens is 219 g/mol. The van der Waals surface area contributed by atoms with Crippen molar-refractivity contribution in [1.29, 1.82) is 0 Å². The van der Waals surface area contributed by atoms with Crippen LogP contribution in [0, 0.1) is 5.82 Å². The largest absolute Gasteiger partial charge is 0.325 e. The minimum Gasteiger partial charge on any atom is -0.325 e. The first-order valence-electron chi connectivity index (χ1n) is 5.53. The number of nitrogens with zero attached hydrogens (tertiary/aromatic N) is 3. The summed E-state index contributed by atoms with van der Waals surface area (Å²) in [7, 11) is 0.